The van der Waals surface area contributed by atoms with Gasteiger partial charge in [0.2, 0.25) is 11.8 Å². The molecule has 150 valence electrons. The number of carbonyl (C=O) groups excluding carboxylic acids is 2. The summed E-state index contributed by atoms with van der Waals surface area (Å²) in [4.78, 5) is 22.8. The van der Waals surface area contributed by atoms with E-state index in [0.717, 1.165) is 0 Å². The quantitative estimate of drug-likeness (QED) is 0.623. The standard InChI is InChI=1S/C19H23N3O5S/c1-13-4-5-16(21-19(24)10-11-20-14(2)23)12-18(13)28(25,26)22-15-6-8-17(27-3)9-7-15/h4-9,12,22H,10-11H2,1-3H3,(H,20,23)(H,21,24). The molecular formula is C19H23N3O5S. The number of methoxy groups -OCH3 is 1. The van der Waals surface area contributed by atoms with Crippen LogP contribution < -0.4 is 20.1 Å². The van der Waals surface area contributed by atoms with Gasteiger partial charge in [-0.25, -0.2) is 8.42 Å². The zero-order valence-electron chi connectivity index (χ0n) is 15.9. The van der Waals surface area contributed by atoms with E-state index >= 15 is 0 Å². The first-order valence-corrected chi connectivity index (χ1v) is 10.0. The van der Waals surface area contributed by atoms with Crippen LogP contribution in [-0.2, 0) is 19.6 Å². The lowest BCUT2D eigenvalue weighted by atomic mass is 10.2. The lowest BCUT2D eigenvalue weighted by molar-refractivity contribution is -0.119. The van der Waals surface area contributed by atoms with Crippen LogP contribution in [0.4, 0.5) is 11.4 Å². The number of hydrogen-bond donors (Lipinski definition) is 3. The number of amides is 2. The van der Waals surface area contributed by atoms with Crippen molar-refractivity contribution in [3.05, 3.63) is 48.0 Å². The highest BCUT2D eigenvalue weighted by Crippen LogP contribution is 2.24. The minimum atomic E-state index is -3.85. The lowest BCUT2D eigenvalue weighted by Crippen LogP contribution is -2.25. The van der Waals surface area contributed by atoms with Gasteiger partial charge < -0.3 is 15.4 Å². The van der Waals surface area contributed by atoms with E-state index in [0.29, 0.717) is 22.7 Å². The van der Waals surface area contributed by atoms with Crippen molar-refractivity contribution in [1.29, 1.82) is 0 Å². The fourth-order valence-electron chi connectivity index (χ4n) is 2.41. The third kappa shape index (κ3) is 5.98. The maximum atomic E-state index is 12.8. The SMILES string of the molecule is COc1ccc(NS(=O)(=O)c2cc(NC(=O)CCNC(C)=O)ccc2C)cc1. The van der Waals surface area contributed by atoms with Crippen LogP contribution in [0.25, 0.3) is 0 Å². The van der Waals surface area contributed by atoms with Crippen LogP contribution in [-0.4, -0.2) is 33.9 Å². The second kappa shape index (κ2) is 9.23. The smallest absolute Gasteiger partial charge is 0.262 e. The van der Waals surface area contributed by atoms with Crippen molar-refractivity contribution in [3.63, 3.8) is 0 Å². The number of sulfonamides is 1. The number of benzene rings is 2. The first kappa shape index (κ1) is 21.2. The molecule has 2 aromatic carbocycles. The summed E-state index contributed by atoms with van der Waals surface area (Å²) in [6, 6.07) is 11.1. The van der Waals surface area contributed by atoms with Crippen LogP contribution >= 0.6 is 0 Å². The number of aryl methyl sites for hydroxylation is 1. The van der Waals surface area contributed by atoms with Crippen LogP contribution in [0, 0.1) is 6.92 Å². The van der Waals surface area contributed by atoms with Crippen molar-refractivity contribution in [2.75, 3.05) is 23.7 Å². The third-order valence-electron chi connectivity index (χ3n) is 3.83. The van der Waals surface area contributed by atoms with E-state index in [1.165, 1.54) is 20.1 Å². The summed E-state index contributed by atoms with van der Waals surface area (Å²) in [5.74, 6) is 0.0632. The Kier molecular flexibility index (Phi) is 7.00. The number of carbonyl (C=O) groups is 2. The van der Waals surface area contributed by atoms with Gasteiger partial charge in [0.05, 0.1) is 12.0 Å². The lowest BCUT2D eigenvalue weighted by Gasteiger charge is -2.13. The summed E-state index contributed by atoms with van der Waals surface area (Å²) >= 11 is 0. The molecule has 0 radical (unpaired) electrons. The summed E-state index contributed by atoms with van der Waals surface area (Å²) in [5.41, 5.74) is 1.29. The van der Waals surface area contributed by atoms with Gasteiger partial charge in [-0.2, -0.15) is 0 Å². The van der Waals surface area contributed by atoms with Gasteiger partial charge in [0.25, 0.3) is 10.0 Å². The fourth-order valence-corrected chi connectivity index (χ4v) is 3.74. The summed E-state index contributed by atoms with van der Waals surface area (Å²) in [6.45, 7) is 3.24. The van der Waals surface area contributed by atoms with Crippen LogP contribution in [0.3, 0.4) is 0 Å². The predicted octanol–water partition coefficient (Wildman–Crippen LogP) is 2.27. The molecule has 0 unspecified atom stereocenters. The zero-order valence-corrected chi connectivity index (χ0v) is 16.7. The second-order valence-corrected chi connectivity index (χ2v) is 7.75. The van der Waals surface area contributed by atoms with Crippen LogP contribution in [0.15, 0.2) is 47.4 Å². The van der Waals surface area contributed by atoms with Crippen molar-refractivity contribution in [2.24, 2.45) is 0 Å². The molecule has 0 aliphatic carbocycles. The van der Waals surface area contributed by atoms with Gasteiger partial charge in [-0.15, -0.1) is 0 Å². The summed E-state index contributed by atoms with van der Waals surface area (Å²) in [7, 11) is -2.32. The molecule has 28 heavy (non-hydrogen) atoms. The van der Waals surface area contributed by atoms with Gasteiger partial charge in [-0.3, -0.25) is 14.3 Å². The van der Waals surface area contributed by atoms with Crippen LogP contribution in [0.5, 0.6) is 5.75 Å². The fraction of sp³-hybridized carbons (Fsp3) is 0.263. The number of hydrogen-bond acceptors (Lipinski definition) is 5. The maximum absolute atomic E-state index is 12.8. The predicted molar refractivity (Wildman–Crippen MR) is 107 cm³/mol. The monoisotopic (exact) mass is 405 g/mol. The highest BCUT2D eigenvalue weighted by Gasteiger charge is 2.18. The van der Waals surface area contributed by atoms with E-state index in [4.69, 9.17) is 4.74 Å². The van der Waals surface area contributed by atoms with Gasteiger partial charge in [0.15, 0.2) is 0 Å². The Labute approximate surface area is 164 Å². The number of ether oxygens (including phenoxy) is 1. The molecule has 0 saturated heterocycles. The maximum Gasteiger partial charge on any atom is 0.262 e. The third-order valence-corrected chi connectivity index (χ3v) is 5.35. The molecule has 0 aliphatic rings. The molecule has 0 atom stereocenters. The zero-order chi connectivity index (χ0) is 20.7. The summed E-state index contributed by atoms with van der Waals surface area (Å²) in [6.07, 6.45) is 0.0830. The molecule has 0 bridgehead atoms. The van der Waals surface area contributed by atoms with Crippen molar-refractivity contribution in [1.82, 2.24) is 5.32 Å². The highest BCUT2D eigenvalue weighted by atomic mass is 32.2. The number of rotatable bonds is 8. The molecule has 3 N–H and O–H groups in total. The Morgan fingerprint density at radius 1 is 1.04 bits per heavy atom. The average molecular weight is 405 g/mol. The molecule has 0 saturated carbocycles. The van der Waals surface area contributed by atoms with Gasteiger partial charge in [-0.1, -0.05) is 6.07 Å². The molecule has 0 heterocycles. The van der Waals surface area contributed by atoms with Gasteiger partial charge >= 0.3 is 0 Å². The molecule has 0 aliphatic heterocycles. The van der Waals surface area contributed by atoms with Gasteiger partial charge in [0.1, 0.15) is 5.75 Å². The minimum Gasteiger partial charge on any atom is -0.497 e. The Bertz CT molecular complexity index is 956. The molecule has 9 heteroatoms. The van der Waals surface area contributed by atoms with E-state index in [1.807, 2.05) is 0 Å². The molecule has 2 rings (SSSR count). The Balaban J connectivity index is 2.14. The molecule has 0 spiro atoms. The van der Waals surface area contributed by atoms with Gasteiger partial charge in [-0.05, 0) is 48.9 Å². The Morgan fingerprint density at radius 2 is 1.68 bits per heavy atom. The van der Waals surface area contributed by atoms with Crippen molar-refractivity contribution in [2.45, 2.75) is 25.2 Å². The average Bonchev–Trinajstić information content (AvgIpc) is 2.63. The molecule has 0 aromatic heterocycles. The molecule has 8 nitrogen and oxygen atoms in total. The van der Waals surface area contributed by atoms with E-state index in [9.17, 15) is 18.0 Å². The summed E-state index contributed by atoms with van der Waals surface area (Å²) in [5, 5.41) is 5.16. The highest BCUT2D eigenvalue weighted by molar-refractivity contribution is 7.92. The molecule has 2 amide bonds. The summed E-state index contributed by atoms with van der Waals surface area (Å²) < 4.78 is 33.1. The Morgan fingerprint density at radius 3 is 2.29 bits per heavy atom. The van der Waals surface area contributed by atoms with Crippen LogP contribution in [0.1, 0.15) is 18.9 Å². The topological polar surface area (TPSA) is 114 Å². The molecular weight excluding hydrogens is 382 g/mol. The largest absolute Gasteiger partial charge is 0.497 e. The van der Waals surface area contributed by atoms with Crippen molar-refractivity contribution >= 4 is 33.2 Å². The number of anilines is 2. The van der Waals surface area contributed by atoms with E-state index < -0.39 is 10.0 Å². The van der Waals surface area contributed by atoms with Gasteiger partial charge in [0, 0.05) is 31.3 Å². The Hall–Kier alpha value is -3.07. The van der Waals surface area contributed by atoms with E-state index in [1.54, 1.807) is 43.3 Å². The van der Waals surface area contributed by atoms with E-state index in [2.05, 4.69) is 15.4 Å². The normalized spacial score (nSPS) is 10.8. The first-order valence-electron chi connectivity index (χ1n) is 8.53. The molecule has 0 fully saturated rings. The van der Waals surface area contributed by atoms with Crippen LogP contribution in [0.2, 0.25) is 0 Å². The van der Waals surface area contributed by atoms with Crippen molar-refractivity contribution < 1.29 is 22.7 Å². The van der Waals surface area contributed by atoms with Crippen molar-refractivity contribution in [3.8, 4) is 5.75 Å². The first-order chi connectivity index (χ1) is 13.2. The number of nitrogens with one attached hydrogen (secondary N) is 3. The second-order valence-electron chi connectivity index (χ2n) is 6.10. The molecule has 2 aromatic rings. The van der Waals surface area contributed by atoms with E-state index in [-0.39, 0.29) is 29.7 Å². The minimum absolute atomic E-state index is 0.0583.